The predicted molar refractivity (Wildman–Crippen MR) is 126 cm³/mol. The number of hydrogen-bond acceptors (Lipinski definition) is 4. The number of aliphatic carboxylic acids is 1. The third-order valence-electron chi connectivity index (χ3n) is 6.16. The summed E-state index contributed by atoms with van der Waals surface area (Å²) in [5, 5.41) is 13.8. The number of fused-ring (bicyclic) bond motifs is 3. The molecule has 0 spiro atoms. The maximum absolute atomic E-state index is 12.4. The number of carboxylic acids is 1. The third kappa shape index (κ3) is 7.24. The number of nitrogens with one attached hydrogen (secondary N) is 2. The van der Waals surface area contributed by atoms with Crippen molar-refractivity contribution >= 4 is 18.0 Å². The van der Waals surface area contributed by atoms with Gasteiger partial charge in [-0.1, -0.05) is 55.5 Å². The van der Waals surface area contributed by atoms with Gasteiger partial charge in [0.1, 0.15) is 12.6 Å². The molecule has 0 radical (unpaired) electrons. The number of alkyl carbamates (subject to hydrolysis) is 1. The van der Waals surface area contributed by atoms with E-state index in [9.17, 15) is 23.2 Å². The molecule has 2 amide bonds. The molecule has 35 heavy (non-hydrogen) atoms. The van der Waals surface area contributed by atoms with Crippen molar-refractivity contribution in [2.75, 3.05) is 13.2 Å². The molecule has 1 aliphatic carbocycles. The van der Waals surface area contributed by atoms with Gasteiger partial charge in [0.25, 0.3) is 0 Å². The van der Waals surface area contributed by atoms with Crippen molar-refractivity contribution in [1.29, 1.82) is 0 Å². The van der Waals surface area contributed by atoms with E-state index in [0.29, 0.717) is 19.4 Å². The molecule has 3 N–H and O–H groups in total. The van der Waals surface area contributed by atoms with Crippen LogP contribution in [0.5, 0.6) is 0 Å². The minimum absolute atomic E-state index is 0.0130. The summed E-state index contributed by atoms with van der Waals surface area (Å²) in [6.07, 6.45) is -3.25. The van der Waals surface area contributed by atoms with Crippen LogP contribution in [0.15, 0.2) is 48.5 Å². The number of hydrogen-bond donors (Lipinski definition) is 3. The Balaban J connectivity index is 1.37. The molecule has 2 atom stereocenters. The summed E-state index contributed by atoms with van der Waals surface area (Å²) < 4.78 is 30.3. The molecule has 1 aliphatic rings. The highest BCUT2D eigenvalue weighted by Gasteiger charge is 2.29. The molecule has 0 bridgehead atoms. The zero-order valence-corrected chi connectivity index (χ0v) is 19.5. The van der Waals surface area contributed by atoms with Gasteiger partial charge >= 0.3 is 12.1 Å². The minimum Gasteiger partial charge on any atom is -0.480 e. The Morgan fingerprint density at radius 2 is 1.60 bits per heavy atom. The molecule has 0 saturated heterocycles. The Kier molecular flexibility index (Phi) is 9.17. The van der Waals surface area contributed by atoms with E-state index in [1.54, 1.807) is 0 Å². The fourth-order valence-electron chi connectivity index (χ4n) is 4.26. The molecule has 2 unspecified atom stereocenters. The molecule has 2 aromatic rings. The number of amides is 2. The lowest BCUT2D eigenvalue weighted by Crippen LogP contribution is -2.42. The van der Waals surface area contributed by atoms with Crippen LogP contribution in [0.3, 0.4) is 0 Å². The highest BCUT2D eigenvalue weighted by molar-refractivity contribution is 5.83. The van der Waals surface area contributed by atoms with E-state index in [2.05, 4.69) is 22.8 Å². The second kappa shape index (κ2) is 12.3. The molecule has 188 valence electrons. The molecule has 2 aromatic carbocycles. The number of carbonyl (C=O) groups is 3. The SMILES string of the molecule is CC(CCNC(=O)OCC1c2ccccc2-c2ccccc21)CCC(=O)NC(CC(F)F)C(=O)O. The van der Waals surface area contributed by atoms with Crippen LogP contribution in [0, 0.1) is 5.92 Å². The van der Waals surface area contributed by atoms with Gasteiger partial charge in [-0.2, -0.15) is 0 Å². The summed E-state index contributed by atoms with van der Waals surface area (Å²) in [6, 6.07) is 14.5. The molecule has 0 aromatic heterocycles. The molecular weight excluding hydrogens is 458 g/mol. The van der Waals surface area contributed by atoms with Gasteiger partial charge in [-0.25, -0.2) is 18.4 Å². The van der Waals surface area contributed by atoms with Crippen LogP contribution in [0.2, 0.25) is 0 Å². The first-order chi connectivity index (χ1) is 16.8. The van der Waals surface area contributed by atoms with Crippen molar-refractivity contribution < 1.29 is 33.0 Å². The molecule has 0 heterocycles. The second-order valence-corrected chi connectivity index (χ2v) is 8.77. The van der Waals surface area contributed by atoms with Crippen LogP contribution in [-0.2, 0) is 14.3 Å². The molecule has 0 saturated carbocycles. The summed E-state index contributed by atoms with van der Waals surface area (Å²) in [5.41, 5.74) is 4.57. The quantitative estimate of drug-likeness (QED) is 0.406. The predicted octanol–water partition coefficient (Wildman–Crippen LogP) is 4.56. The van der Waals surface area contributed by atoms with Gasteiger partial charge in [0, 0.05) is 25.3 Å². The van der Waals surface area contributed by atoms with Gasteiger partial charge in [0.15, 0.2) is 0 Å². The average molecular weight is 489 g/mol. The smallest absolute Gasteiger partial charge is 0.407 e. The number of ether oxygens (including phenoxy) is 1. The molecular formula is C26H30F2N2O5. The summed E-state index contributed by atoms with van der Waals surface area (Å²) in [6.45, 7) is 2.46. The van der Waals surface area contributed by atoms with Crippen molar-refractivity contribution in [1.82, 2.24) is 10.6 Å². The monoisotopic (exact) mass is 488 g/mol. The van der Waals surface area contributed by atoms with Crippen molar-refractivity contribution in [2.24, 2.45) is 5.92 Å². The van der Waals surface area contributed by atoms with Crippen molar-refractivity contribution in [3.63, 3.8) is 0 Å². The van der Waals surface area contributed by atoms with Crippen LogP contribution >= 0.6 is 0 Å². The minimum atomic E-state index is -2.82. The second-order valence-electron chi connectivity index (χ2n) is 8.77. The molecule has 9 heteroatoms. The Morgan fingerprint density at radius 1 is 1.00 bits per heavy atom. The zero-order valence-electron chi connectivity index (χ0n) is 19.5. The molecule has 3 rings (SSSR count). The van der Waals surface area contributed by atoms with Gasteiger partial charge < -0.3 is 20.5 Å². The standard InChI is InChI=1S/C26H30F2N2O5/c1-16(10-11-24(31)30-22(25(32)33)14-23(27)28)12-13-29-26(34)35-15-21-19-8-4-2-6-17(19)18-7-3-5-9-20(18)21/h2-9,16,21-23H,10-15H2,1H3,(H,29,34)(H,30,31)(H,32,33). The topological polar surface area (TPSA) is 105 Å². The van der Waals surface area contributed by atoms with Crippen molar-refractivity contribution in [2.45, 2.75) is 51.0 Å². The largest absolute Gasteiger partial charge is 0.480 e. The van der Waals surface area contributed by atoms with E-state index in [4.69, 9.17) is 9.84 Å². The summed E-state index contributed by atoms with van der Waals surface area (Å²) >= 11 is 0. The highest BCUT2D eigenvalue weighted by Crippen LogP contribution is 2.44. The Hall–Kier alpha value is -3.49. The number of carboxylic acid groups (broad SMARTS) is 1. The van der Waals surface area contributed by atoms with Gasteiger partial charge in [-0.05, 0) is 41.0 Å². The van der Waals surface area contributed by atoms with E-state index >= 15 is 0 Å². The first-order valence-electron chi connectivity index (χ1n) is 11.7. The first-order valence-corrected chi connectivity index (χ1v) is 11.7. The lowest BCUT2D eigenvalue weighted by Gasteiger charge is -2.16. The highest BCUT2D eigenvalue weighted by atomic mass is 19.3. The van der Waals surface area contributed by atoms with E-state index in [1.165, 1.54) is 0 Å². The van der Waals surface area contributed by atoms with Crippen LogP contribution in [0.1, 0.15) is 49.7 Å². The Bertz CT molecular complexity index is 1000. The maximum atomic E-state index is 12.4. The van der Waals surface area contributed by atoms with Gasteiger partial charge in [-0.15, -0.1) is 0 Å². The van der Waals surface area contributed by atoms with E-state index in [0.717, 1.165) is 22.3 Å². The summed E-state index contributed by atoms with van der Waals surface area (Å²) in [7, 11) is 0. The van der Waals surface area contributed by atoms with Crippen molar-refractivity contribution in [3.8, 4) is 11.1 Å². The molecule has 7 nitrogen and oxygen atoms in total. The molecule has 0 fully saturated rings. The zero-order chi connectivity index (χ0) is 25.4. The van der Waals surface area contributed by atoms with Crippen LogP contribution in [0.25, 0.3) is 11.1 Å². The number of halogens is 2. The third-order valence-corrected chi connectivity index (χ3v) is 6.16. The average Bonchev–Trinajstić information content (AvgIpc) is 3.14. The summed E-state index contributed by atoms with van der Waals surface area (Å²) in [5.74, 6) is -2.05. The van der Waals surface area contributed by atoms with E-state index < -0.39 is 36.9 Å². The number of carbonyl (C=O) groups excluding carboxylic acids is 2. The fraction of sp³-hybridized carbons (Fsp3) is 0.423. The molecule has 0 aliphatic heterocycles. The normalized spacial score (nSPS) is 14.1. The van der Waals surface area contributed by atoms with Gasteiger partial charge in [0.2, 0.25) is 12.3 Å². The van der Waals surface area contributed by atoms with E-state index in [-0.39, 0.29) is 24.9 Å². The van der Waals surface area contributed by atoms with Gasteiger partial charge in [-0.3, -0.25) is 4.79 Å². The number of rotatable bonds is 12. The van der Waals surface area contributed by atoms with Crippen LogP contribution in [0.4, 0.5) is 13.6 Å². The Morgan fingerprint density at radius 3 is 2.17 bits per heavy atom. The Labute approximate surface area is 202 Å². The number of benzene rings is 2. The lowest BCUT2D eigenvalue weighted by molar-refractivity contribution is -0.143. The first kappa shape index (κ1) is 26.1. The maximum Gasteiger partial charge on any atom is 0.407 e. The summed E-state index contributed by atoms with van der Waals surface area (Å²) in [4.78, 5) is 35.1. The fourth-order valence-corrected chi connectivity index (χ4v) is 4.26. The van der Waals surface area contributed by atoms with Gasteiger partial charge in [0.05, 0.1) is 0 Å². The van der Waals surface area contributed by atoms with E-state index in [1.807, 2.05) is 43.3 Å². The lowest BCUT2D eigenvalue weighted by atomic mass is 9.98. The van der Waals surface area contributed by atoms with Crippen LogP contribution < -0.4 is 10.6 Å². The number of alkyl halides is 2. The van der Waals surface area contributed by atoms with Crippen molar-refractivity contribution in [3.05, 3.63) is 59.7 Å². The van der Waals surface area contributed by atoms with Crippen LogP contribution in [-0.4, -0.2) is 48.7 Å².